The van der Waals surface area contributed by atoms with Gasteiger partial charge in [0.1, 0.15) is 18.3 Å². The number of benzene rings is 3. The third kappa shape index (κ3) is 8.32. The fourth-order valence-corrected chi connectivity index (χ4v) is 5.31. The maximum Gasteiger partial charge on any atom is 0.244 e. The van der Waals surface area contributed by atoms with E-state index in [1.807, 2.05) is 68.4 Å². The van der Waals surface area contributed by atoms with Crippen LogP contribution < -0.4 is 14.4 Å². The Labute approximate surface area is 238 Å². The molecule has 0 aliphatic carbocycles. The standard InChI is InChI=1S/C31H39N3O5S/c1-5-6-20-32-31(36)28(21-25-15-8-7-9-16-25)33(22-26-17-11-10-14-24(26)2)30(35)23-34(40(4,37)38)27-18-12-13-19-29(27)39-3/h7-19,28H,5-6,20-23H2,1-4H3,(H,32,36)/t28-/m1/s1. The van der Waals surface area contributed by atoms with Gasteiger partial charge in [-0.05, 0) is 42.2 Å². The monoisotopic (exact) mass is 565 g/mol. The maximum atomic E-state index is 14.2. The lowest BCUT2D eigenvalue weighted by molar-refractivity contribution is -0.140. The average Bonchev–Trinajstić information content (AvgIpc) is 2.94. The Morgan fingerprint density at radius 2 is 1.60 bits per heavy atom. The van der Waals surface area contributed by atoms with Crippen LogP contribution in [0.25, 0.3) is 0 Å². The number of nitrogens with one attached hydrogen (secondary N) is 1. The number of aryl methyl sites for hydroxylation is 1. The fourth-order valence-electron chi connectivity index (χ4n) is 4.46. The largest absolute Gasteiger partial charge is 0.495 e. The minimum atomic E-state index is -3.88. The molecule has 0 heterocycles. The van der Waals surface area contributed by atoms with E-state index in [2.05, 4.69) is 5.32 Å². The van der Waals surface area contributed by atoms with Crippen LogP contribution in [0.3, 0.4) is 0 Å². The second-order valence-electron chi connectivity index (χ2n) is 9.74. The zero-order valence-electron chi connectivity index (χ0n) is 23.7. The third-order valence-electron chi connectivity index (χ3n) is 6.74. The summed E-state index contributed by atoms with van der Waals surface area (Å²) in [4.78, 5) is 29.3. The minimum Gasteiger partial charge on any atom is -0.495 e. The number of para-hydroxylation sites is 2. The Hall–Kier alpha value is -3.85. The van der Waals surface area contributed by atoms with Crippen molar-refractivity contribution in [2.45, 2.75) is 45.7 Å². The van der Waals surface area contributed by atoms with Gasteiger partial charge in [0.2, 0.25) is 21.8 Å². The predicted molar refractivity (Wildman–Crippen MR) is 159 cm³/mol. The van der Waals surface area contributed by atoms with E-state index in [1.165, 1.54) is 12.0 Å². The van der Waals surface area contributed by atoms with E-state index in [1.54, 1.807) is 24.3 Å². The molecule has 0 radical (unpaired) electrons. The molecule has 1 N–H and O–H groups in total. The molecule has 0 aromatic heterocycles. The molecule has 0 saturated carbocycles. The molecule has 3 aromatic rings. The number of methoxy groups -OCH3 is 1. The number of hydrogen-bond donors (Lipinski definition) is 1. The van der Waals surface area contributed by atoms with Crippen molar-refractivity contribution in [3.8, 4) is 5.75 Å². The quantitative estimate of drug-likeness (QED) is 0.294. The van der Waals surface area contributed by atoms with Gasteiger partial charge in [-0.15, -0.1) is 0 Å². The molecule has 0 aliphatic rings. The molecular formula is C31H39N3O5S. The normalized spacial score (nSPS) is 11.9. The minimum absolute atomic E-state index is 0.147. The van der Waals surface area contributed by atoms with Crippen molar-refractivity contribution in [1.82, 2.24) is 10.2 Å². The van der Waals surface area contributed by atoms with Crippen LogP contribution in [-0.4, -0.2) is 57.6 Å². The van der Waals surface area contributed by atoms with Gasteiger partial charge < -0.3 is 15.0 Å². The van der Waals surface area contributed by atoms with E-state index >= 15 is 0 Å². The second kappa shape index (κ2) is 14.5. The van der Waals surface area contributed by atoms with Gasteiger partial charge in [-0.1, -0.05) is 80.1 Å². The lowest BCUT2D eigenvalue weighted by Crippen LogP contribution is -2.53. The number of nitrogens with zero attached hydrogens (tertiary/aromatic N) is 2. The molecule has 0 fully saturated rings. The van der Waals surface area contributed by atoms with Gasteiger partial charge in [0.15, 0.2) is 0 Å². The Balaban J connectivity index is 2.06. The molecule has 0 saturated heterocycles. The van der Waals surface area contributed by atoms with Crippen LogP contribution in [0.2, 0.25) is 0 Å². The summed E-state index contributed by atoms with van der Waals surface area (Å²) in [5, 5.41) is 2.99. The van der Waals surface area contributed by atoms with Crippen molar-refractivity contribution >= 4 is 27.5 Å². The fraction of sp³-hybridized carbons (Fsp3) is 0.355. The molecular weight excluding hydrogens is 526 g/mol. The van der Waals surface area contributed by atoms with Crippen LogP contribution in [0.5, 0.6) is 5.75 Å². The first-order chi connectivity index (χ1) is 19.2. The van der Waals surface area contributed by atoms with Gasteiger partial charge in [-0.25, -0.2) is 8.42 Å². The number of carbonyl (C=O) groups is 2. The Morgan fingerprint density at radius 3 is 2.25 bits per heavy atom. The zero-order chi connectivity index (χ0) is 29.1. The van der Waals surface area contributed by atoms with Gasteiger partial charge in [-0.3, -0.25) is 13.9 Å². The molecule has 0 unspecified atom stereocenters. The summed E-state index contributed by atoms with van der Waals surface area (Å²) in [7, 11) is -2.43. The molecule has 2 amide bonds. The molecule has 0 aliphatic heterocycles. The van der Waals surface area contributed by atoms with Crippen LogP contribution >= 0.6 is 0 Å². The summed E-state index contributed by atoms with van der Waals surface area (Å²) < 4.78 is 32.4. The smallest absolute Gasteiger partial charge is 0.244 e. The van der Waals surface area contributed by atoms with Crippen LogP contribution in [0, 0.1) is 6.92 Å². The summed E-state index contributed by atoms with van der Waals surface area (Å²) in [6.45, 7) is 4.14. The van der Waals surface area contributed by atoms with E-state index in [4.69, 9.17) is 4.74 Å². The first-order valence-electron chi connectivity index (χ1n) is 13.4. The highest BCUT2D eigenvalue weighted by Gasteiger charge is 2.33. The summed E-state index contributed by atoms with van der Waals surface area (Å²) in [5.41, 5.74) is 2.99. The van der Waals surface area contributed by atoms with E-state index in [0.29, 0.717) is 12.3 Å². The molecule has 9 heteroatoms. The van der Waals surface area contributed by atoms with Gasteiger partial charge in [-0.2, -0.15) is 0 Å². The SMILES string of the molecule is CCCCNC(=O)[C@@H](Cc1ccccc1)N(Cc1ccccc1C)C(=O)CN(c1ccccc1OC)S(C)(=O)=O. The molecule has 0 spiro atoms. The van der Waals surface area contributed by atoms with Gasteiger partial charge in [0, 0.05) is 19.5 Å². The first-order valence-corrected chi connectivity index (χ1v) is 15.3. The van der Waals surface area contributed by atoms with Gasteiger partial charge in [0.25, 0.3) is 0 Å². The van der Waals surface area contributed by atoms with Crippen molar-refractivity contribution in [2.24, 2.45) is 0 Å². The number of hydrogen-bond acceptors (Lipinski definition) is 5. The molecule has 3 rings (SSSR count). The van der Waals surface area contributed by atoms with Crippen molar-refractivity contribution in [3.63, 3.8) is 0 Å². The van der Waals surface area contributed by atoms with Crippen molar-refractivity contribution in [2.75, 3.05) is 30.8 Å². The number of rotatable bonds is 14. The van der Waals surface area contributed by atoms with Crippen molar-refractivity contribution in [1.29, 1.82) is 0 Å². The lowest BCUT2D eigenvalue weighted by atomic mass is 10.0. The van der Waals surface area contributed by atoms with Crippen LogP contribution in [0.15, 0.2) is 78.9 Å². The Bertz CT molecular complexity index is 1380. The Kier molecular flexibility index (Phi) is 11.1. The molecule has 0 bridgehead atoms. The predicted octanol–water partition coefficient (Wildman–Crippen LogP) is 4.33. The van der Waals surface area contributed by atoms with Crippen LogP contribution in [-0.2, 0) is 32.6 Å². The Morgan fingerprint density at radius 1 is 0.950 bits per heavy atom. The van der Waals surface area contributed by atoms with Gasteiger partial charge >= 0.3 is 0 Å². The maximum absolute atomic E-state index is 14.2. The van der Waals surface area contributed by atoms with Crippen LogP contribution in [0.1, 0.15) is 36.5 Å². The number of unbranched alkanes of at least 4 members (excludes halogenated alkanes) is 1. The number of amides is 2. The molecule has 8 nitrogen and oxygen atoms in total. The average molecular weight is 566 g/mol. The van der Waals surface area contributed by atoms with Crippen LogP contribution in [0.4, 0.5) is 5.69 Å². The molecule has 1 atom stereocenters. The summed E-state index contributed by atoms with van der Waals surface area (Å²) in [6, 6.07) is 23.0. The molecule has 40 heavy (non-hydrogen) atoms. The highest BCUT2D eigenvalue weighted by Crippen LogP contribution is 2.30. The van der Waals surface area contributed by atoms with E-state index in [0.717, 1.165) is 40.1 Å². The number of sulfonamides is 1. The number of ether oxygens (including phenoxy) is 1. The highest BCUT2D eigenvalue weighted by molar-refractivity contribution is 7.92. The molecule has 214 valence electrons. The van der Waals surface area contributed by atoms with Crippen molar-refractivity contribution in [3.05, 3.63) is 95.6 Å². The summed E-state index contributed by atoms with van der Waals surface area (Å²) in [6.07, 6.45) is 3.06. The van der Waals surface area contributed by atoms with Gasteiger partial charge in [0.05, 0.1) is 19.1 Å². The number of carbonyl (C=O) groups excluding carboxylic acids is 2. The number of anilines is 1. The third-order valence-corrected chi connectivity index (χ3v) is 7.86. The van der Waals surface area contributed by atoms with E-state index in [9.17, 15) is 18.0 Å². The highest BCUT2D eigenvalue weighted by atomic mass is 32.2. The second-order valence-corrected chi connectivity index (χ2v) is 11.6. The topological polar surface area (TPSA) is 96.0 Å². The first kappa shape index (κ1) is 30.7. The van der Waals surface area contributed by atoms with E-state index in [-0.39, 0.29) is 24.6 Å². The summed E-state index contributed by atoms with van der Waals surface area (Å²) in [5.74, 6) is -0.446. The lowest BCUT2D eigenvalue weighted by Gasteiger charge is -2.34. The summed E-state index contributed by atoms with van der Waals surface area (Å²) >= 11 is 0. The van der Waals surface area contributed by atoms with Crippen molar-refractivity contribution < 1.29 is 22.7 Å². The van der Waals surface area contributed by atoms with E-state index < -0.39 is 28.5 Å². The zero-order valence-corrected chi connectivity index (χ0v) is 24.5. The molecule has 3 aromatic carbocycles.